The summed E-state index contributed by atoms with van der Waals surface area (Å²) in [6, 6.07) is -0.196. The Kier molecular flexibility index (Phi) is 4.90. The summed E-state index contributed by atoms with van der Waals surface area (Å²) < 4.78 is 0. The predicted molar refractivity (Wildman–Crippen MR) is 81.3 cm³/mol. The van der Waals surface area contributed by atoms with Crippen LogP contribution in [0.4, 0.5) is 0 Å². The molecule has 0 aromatic rings. The van der Waals surface area contributed by atoms with Crippen LogP contribution in [0.2, 0.25) is 0 Å². The van der Waals surface area contributed by atoms with E-state index in [4.69, 9.17) is 0 Å². The molecule has 2 aliphatic carbocycles. The number of hydrogen-bond acceptors (Lipinski definition) is 2. The van der Waals surface area contributed by atoms with Crippen LogP contribution < -0.4 is 5.32 Å². The number of rotatable bonds is 5. The first-order valence-corrected chi connectivity index (χ1v) is 8.15. The van der Waals surface area contributed by atoms with E-state index in [1.165, 1.54) is 25.7 Å². The van der Waals surface area contributed by atoms with E-state index in [0.717, 1.165) is 25.7 Å². The van der Waals surface area contributed by atoms with Crippen molar-refractivity contribution in [2.75, 3.05) is 0 Å². The van der Waals surface area contributed by atoms with Crippen molar-refractivity contribution >= 4 is 5.91 Å². The maximum atomic E-state index is 11.9. The van der Waals surface area contributed by atoms with Gasteiger partial charge in [-0.15, -0.1) is 0 Å². The second-order valence-corrected chi connectivity index (χ2v) is 6.83. The van der Waals surface area contributed by atoms with Gasteiger partial charge < -0.3 is 10.4 Å². The highest BCUT2D eigenvalue weighted by Crippen LogP contribution is 2.46. The number of carbonyl (C=O) groups is 1. The molecule has 2 saturated carbocycles. The number of carbonyl (C=O) groups excluding carboxylic acids is 1. The standard InChI is InChI=1S/C17H29NO2/c1-12(2)16(19)18-13(3)17(20,14-8-4-5-9-14)15-10-6-7-11-15/h13-15,20H,1,4-11H2,2-3H3,(H,18,19). The lowest BCUT2D eigenvalue weighted by Gasteiger charge is -2.44. The van der Waals surface area contributed by atoms with Crippen molar-refractivity contribution in [3.63, 3.8) is 0 Å². The van der Waals surface area contributed by atoms with Crippen molar-refractivity contribution in [3.8, 4) is 0 Å². The van der Waals surface area contributed by atoms with Gasteiger partial charge in [-0.1, -0.05) is 32.3 Å². The largest absolute Gasteiger partial charge is 0.387 e. The first kappa shape index (κ1) is 15.6. The Labute approximate surface area is 122 Å². The maximum absolute atomic E-state index is 11.9. The molecule has 114 valence electrons. The van der Waals surface area contributed by atoms with Crippen molar-refractivity contribution in [2.45, 2.75) is 76.9 Å². The Morgan fingerprint density at radius 2 is 1.55 bits per heavy atom. The molecule has 0 radical (unpaired) electrons. The van der Waals surface area contributed by atoms with Crippen LogP contribution >= 0.6 is 0 Å². The number of amides is 1. The molecule has 0 heterocycles. The van der Waals surface area contributed by atoms with Crippen LogP contribution in [0.15, 0.2) is 12.2 Å². The molecule has 0 aromatic heterocycles. The summed E-state index contributed by atoms with van der Waals surface area (Å²) in [7, 11) is 0. The molecule has 1 unspecified atom stereocenters. The predicted octanol–water partition coefficient (Wildman–Crippen LogP) is 3.18. The van der Waals surface area contributed by atoms with Crippen molar-refractivity contribution < 1.29 is 9.90 Å². The van der Waals surface area contributed by atoms with Crippen molar-refractivity contribution in [2.24, 2.45) is 11.8 Å². The van der Waals surface area contributed by atoms with Gasteiger partial charge in [-0.3, -0.25) is 4.79 Å². The van der Waals surface area contributed by atoms with Gasteiger partial charge in [0.05, 0.1) is 11.6 Å². The molecule has 2 rings (SSSR count). The molecule has 0 aromatic carbocycles. The molecular weight excluding hydrogens is 250 g/mol. The zero-order valence-electron chi connectivity index (χ0n) is 13.0. The topological polar surface area (TPSA) is 49.3 Å². The highest BCUT2D eigenvalue weighted by Gasteiger charge is 2.49. The minimum atomic E-state index is -0.738. The van der Waals surface area contributed by atoms with Gasteiger partial charge in [-0.2, -0.15) is 0 Å². The lowest BCUT2D eigenvalue weighted by molar-refractivity contribution is -0.126. The lowest BCUT2D eigenvalue weighted by Crippen LogP contribution is -2.58. The van der Waals surface area contributed by atoms with Crippen molar-refractivity contribution in [1.29, 1.82) is 0 Å². The Hall–Kier alpha value is -0.830. The summed E-state index contributed by atoms with van der Waals surface area (Å²) in [6.45, 7) is 7.38. The van der Waals surface area contributed by atoms with E-state index in [2.05, 4.69) is 11.9 Å². The summed E-state index contributed by atoms with van der Waals surface area (Å²) in [5.74, 6) is 0.545. The number of aliphatic hydroxyl groups is 1. The molecule has 2 aliphatic rings. The fraction of sp³-hybridized carbons (Fsp3) is 0.824. The lowest BCUT2D eigenvalue weighted by atomic mass is 9.70. The normalized spacial score (nSPS) is 22.9. The highest BCUT2D eigenvalue weighted by molar-refractivity contribution is 5.92. The van der Waals surface area contributed by atoms with Gasteiger partial charge in [0.1, 0.15) is 0 Å². The highest BCUT2D eigenvalue weighted by atomic mass is 16.3. The summed E-state index contributed by atoms with van der Waals surface area (Å²) in [5.41, 5.74) is -0.227. The van der Waals surface area contributed by atoms with Gasteiger partial charge in [0, 0.05) is 5.57 Å². The van der Waals surface area contributed by atoms with Crippen LogP contribution in [0.3, 0.4) is 0 Å². The second kappa shape index (κ2) is 6.30. The van der Waals surface area contributed by atoms with E-state index in [1.54, 1.807) is 6.92 Å². The maximum Gasteiger partial charge on any atom is 0.246 e. The van der Waals surface area contributed by atoms with Crippen molar-refractivity contribution in [1.82, 2.24) is 5.32 Å². The van der Waals surface area contributed by atoms with Crippen LogP contribution in [0.1, 0.15) is 65.2 Å². The van der Waals surface area contributed by atoms with Crippen LogP contribution in [0, 0.1) is 11.8 Å². The smallest absolute Gasteiger partial charge is 0.246 e. The van der Waals surface area contributed by atoms with E-state index in [1.807, 2.05) is 6.92 Å². The molecule has 2 fully saturated rings. The Morgan fingerprint density at radius 3 is 1.90 bits per heavy atom. The van der Waals surface area contributed by atoms with Gasteiger partial charge in [0.15, 0.2) is 0 Å². The minimum absolute atomic E-state index is 0.132. The molecule has 0 aliphatic heterocycles. The quantitative estimate of drug-likeness (QED) is 0.759. The molecule has 0 saturated heterocycles. The zero-order valence-corrected chi connectivity index (χ0v) is 13.0. The molecule has 0 bridgehead atoms. The average molecular weight is 279 g/mol. The minimum Gasteiger partial charge on any atom is -0.387 e. The monoisotopic (exact) mass is 279 g/mol. The summed E-state index contributed by atoms with van der Waals surface area (Å²) in [5, 5.41) is 14.5. The van der Waals surface area contributed by atoms with Gasteiger partial charge in [-0.05, 0) is 51.4 Å². The third kappa shape index (κ3) is 2.93. The van der Waals surface area contributed by atoms with Gasteiger partial charge in [0.2, 0.25) is 5.91 Å². The van der Waals surface area contributed by atoms with Gasteiger partial charge in [-0.25, -0.2) is 0 Å². The third-order valence-corrected chi connectivity index (χ3v) is 5.45. The molecule has 20 heavy (non-hydrogen) atoms. The molecule has 3 nitrogen and oxygen atoms in total. The second-order valence-electron chi connectivity index (χ2n) is 6.83. The summed E-state index contributed by atoms with van der Waals surface area (Å²) in [4.78, 5) is 11.9. The van der Waals surface area contributed by atoms with E-state index in [0.29, 0.717) is 17.4 Å². The summed E-state index contributed by atoms with van der Waals surface area (Å²) in [6.07, 6.45) is 9.23. The molecular formula is C17H29NO2. The molecule has 2 N–H and O–H groups in total. The van der Waals surface area contributed by atoms with Gasteiger partial charge in [0.25, 0.3) is 0 Å². The molecule has 1 amide bonds. The fourth-order valence-corrected chi connectivity index (χ4v) is 4.25. The Morgan fingerprint density at radius 1 is 1.15 bits per heavy atom. The summed E-state index contributed by atoms with van der Waals surface area (Å²) >= 11 is 0. The van der Waals surface area contributed by atoms with Crippen molar-refractivity contribution in [3.05, 3.63) is 12.2 Å². The average Bonchev–Trinajstić information content (AvgIpc) is 3.10. The SMILES string of the molecule is C=C(C)C(=O)NC(C)C(O)(C1CCCC1)C1CCCC1. The first-order valence-electron chi connectivity index (χ1n) is 8.15. The Bertz CT molecular complexity index is 349. The number of hydrogen-bond donors (Lipinski definition) is 2. The Balaban J connectivity index is 2.16. The fourth-order valence-electron chi connectivity index (χ4n) is 4.25. The van der Waals surface area contributed by atoms with Gasteiger partial charge >= 0.3 is 0 Å². The van der Waals surface area contributed by atoms with E-state index in [-0.39, 0.29) is 11.9 Å². The third-order valence-electron chi connectivity index (χ3n) is 5.45. The zero-order chi connectivity index (χ0) is 14.8. The molecule has 3 heteroatoms. The molecule has 1 atom stereocenters. The van der Waals surface area contributed by atoms with E-state index in [9.17, 15) is 9.90 Å². The first-order chi connectivity index (χ1) is 9.46. The van der Waals surface area contributed by atoms with Crippen LogP contribution in [0.25, 0.3) is 0 Å². The molecule has 0 spiro atoms. The van der Waals surface area contributed by atoms with E-state index < -0.39 is 5.60 Å². The van der Waals surface area contributed by atoms with Crippen LogP contribution in [-0.4, -0.2) is 22.7 Å². The van der Waals surface area contributed by atoms with E-state index >= 15 is 0 Å². The number of nitrogens with one attached hydrogen (secondary N) is 1. The van der Waals surface area contributed by atoms with Crippen LogP contribution in [-0.2, 0) is 4.79 Å². The van der Waals surface area contributed by atoms with Crippen LogP contribution in [0.5, 0.6) is 0 Å².